The van der Waals surface area contributed by atoms with Crippen molar-refractivity contribution in [3.8, 4) is 0 Å². The first kappa shape index (κ1) is 15.5. The number of rotatable bonds is 4. The van der Waals surface area contributed by atoms with Gasteiger partial charge in [0.05, 0.1) is 12.3 Å². The Kier molecular flexibility index (Phi) is 5.33. The number of nitrogens with one attached hydrogen (secondary N) is 1. The Morgan fingerprint density at radius 2 is 1.81 bits per heavy atom. The van der Waals surface area contributed by atoms with E-state index in [2.05, 4.69) is 5.32 Å². The fraction of sp³-hybridized carbons (Fsp3) is 0.500. The molecule has 5 heteroatoms. The molecule has 114 valence electrons. The summed E-state index contributed by atoms with van der Waals surface area (Å²) >= 11 is 0. The minimum atomic E-state index is -0.865. The van der Waals surface area contributed by atoms with E-state index in [1.807, 2.05) is 0 Å². The van der Waals surface area contributed by atoms with Crippen molar-refractivity contribution in [2.45, 2.75) is 44.6 Å². The lowest BCUT2D eigenvalue weighted by molar-refractivity contribution is -0.136. The lowest BCUT2D eigenvalue weighted by Gasteiger charge is -2.20. The fourth-order valence-electron chi connectivity index (χ4n) is 2.78. The first-order valence-corrected chi connectivity index (χ1v) is 7.43. The summed E-state index contributed by atoms with van der Waals surface area (Å²) in [7, 11) is 0. The third-order valence-electron chi connectivity index (χ3n) is 3.98. The predicted molar refractivity (Wildman–Crippen MR) is 81.0 cm³/mol. The summed E-state index contributed by atoms with van der Waals surface area (Å²) in [6, 6.07) is 6.84. The predicted octanol–water partition coefficient (Wildman–Crippen LogP) is 2.16. The van der Waals surface area contributed by atoms with Crippen LogP contribution in [0.15, 0.2) is 24.3 Å². The number of amides is 1. The molecule has 2 atom stereocenters. The highest BCUT2D eigenvalue weighted by atomic mass is 16.4. The number of carboxylic acids is 1. The van der Waals surface area contributed by atoms with Crippen molar-refractivity contribution in [1.82, 2.24) is 0 Å². The Morgan fingerprint density at radius 3 is 2.48 bits per heavy atom. The van der Waals surface area contributed by atoms with E-state index in [0.717, 1.165) is 32.1 Å². The smallest absolute Gasteiger partial charge is 0.307 e. The first-order chi connectivity index (χ1) is 10.1. The average molecular weight is 290 g/mol. The molecule has 0 aliphatic heterocycles. The lowest BCUT2D eigenvalue weighted by atomic mass is 9.94. The number of nitrogens with two attached hydrogens (primary N) is 1. The van der Waals surface area contributed by atoms with Gasteiger partial charge in [0.15, 0.2) is 0 Å². The van der Waals surface area contributed by atoms with Crippen molar-refractivity contribution in [1.29, 1.82) is 0 Å². The van der Waals surface area contributed by atoms with Crippen LogP contribution in [0.4, 0.5) is 5.69 Å². The van der Waals surface area contributed by atoms with Gasteiger partial charge in [0, 0.05) is 11.7 Å². The summed E-state index contributed by atoms with van der Waals surface area (Å²) in [6.45, 7) is 0. The molecule has 1 saturated carbocycles. The molecule has 0 aromatic heterocycles. The van der Waals surface area contributed by atoms with Gasteiger partial charge in [-0.2, -0.15) is 0 Å². The van der Waals surface area contributed by atoms with Crippen molar-refractivity contribution >= 4 is 17.6 Å². The van der Waals surface area contributed by atoms with Gasteiger partial charge in [0.25, 0.3) is 0 Å². The van der Waals surface area contributed by atoms with E-state index in [1.165, 1.54) is 0 Å². The number of hydrogen-bond donors (Lipinski definition) is 3. The molecule has 5 nitrogen and oxygen atoms in total. The van der Waals surface area contributed by atoms with Crippen molar-refractivity contribution in [2.75, 3.05) is 5.32 Å². The summed E-state index contributed by atoms with van der Waals surface area (Å²) < 4.78 is 0. The molecule has 1 aromatic rings. The van der Waals surface area contributed by atoms with Crippen LogP contribution in [-0.4, -0.2) is 23.0 Å². The van der Waals surface area contributed by atoms with Crippen LogP contribution >= 0.6 is 0 Å². The Labute approximate surface area is 124 Å². The molecule has 0 spiro atoms. The topological polar surface area (TPSA) is 92.4 Å². The number of aliphatic carboxylic acids is 1. The van der Waals surface area contributed by atoms with Crippen LogP contribution in [-0.2, 0) is 16.0 Å². The van der Waals surface area contributed by atoms with Gasteiger partial charge >= 0.3 is 5.97 Å². The summed E-state index contributed by atoms with van der Waals surface area (Å²) in [4.78, 5) is 22.9. The molecular formula is C16H22N2O3. The van der Waals surface area contributed by atoms with Crippen LogP contribution in [0.2, 0.25) is 0 Å². The van der Waals surface area contributed by atoms with Crippen molar-refractivity contribution in [2.24, 2.45) is 11.7 Å². The van der Waals surface area contributed by atoms with Crippen LogP contribution in [0.25, 0.3) is 0 Å². The van der Waals surface area contributed by atoms with Gasteiger partial charge in [-0.05, 0) is 30.5 Å². The monoisotopic (exact) mass is 290 g/mol. The minimum absolute atomic E-state index is 0.0122. The Bertz CT molecular complexity index is 499. The zero-order valence-corrected chi connectivity index (χ0v) is 12.0. The highest BCUT2D eigenvalue weighted by molar-refractivity contribution is 5.93. The van der Waals surface area contributed by atoms with Gasteiger partial charge in [0.2, 0.25) is 5.91 Å². The van der Waals surface area contributed by atoms with E-state index in [-0.39, 0.29) is 24.3 Å². The summed E-state index contributed by atoms with van der Waals surface area (Å²) in [5.74, 6) is -1.03. The molecular weight excluding hydrogens is 268 g/mol. The molecule has 1 fully saturated rings. The normalized spacial score (nSPS) is 22.3. The second-order valence-electron chi connectivity index (χ2n) is 5.67. The van der Waals surface area contributed by atoms with E-state index in [0.29, 0.717) is 11.3 Å². The van der Waals surface area contributed by atoms with E-state index in [9.17, 15) is 9.59 Å². The standard InChI is InChI=1S/C16H22N2O3/c17-14-5-3-1-2-4-13(14)16(21)18-12-8-6-11(7-9-12)10-15(19)20/h6-9,13-14H,1-5,10,17H2,(H,18,21)(H,19,20). The van der Waals surface area contributed by atoms with E-state index < -0.39 is 5.97 Å². The minimum Gasteiger partial charge on any atom is -0.481 e. The molecule has 1 aromatic carbocycles. The van der Waals surface area contributed by atoms with Crippen molar-refractivity contribution in [3.05, 3.63) is 29.8 Å². The fourth-order valence-corrected chi connectivity index (χ4v) is 2.78. The van der Waals surface area contributed by atoms with Gasteiger partial charge in [-0.15, -0.1) is 0 Å². The Balaban J connectivity index is 1.96. The zero-order chi connectivity index (χ0) is 15.2. The Hall–Kier alpha value is -1.88. The third-order valence-corrected chi connectivity index (χ3v) is 3.98. The van der Waals surface area contributed by atoms with Gasteiger partial charge in [-0.25, -0.2) is 0 Å². The highest BCUT2D eigenvalue weighted by Crippen LogP contribution is 2.23. The largest absolute Gasteiger partial charge is 0.481 e. The number of carbonyl (C=O) groups excluding carboxylic acids is 1. The average Bonchev–Trinajstić information content (AvgIpc) is 2.65. The lowest BCUT2D eigenvalue weighted by Crippen LogP contribution is -2.37. The van der Waals surface area contributed by atoms with Crippen LogP contribution in [0.5, 0.6) is 0 Å². The van der Waals surface area contributed by atoms with Crippen molar-refractivity contribution in [3.63, 3.8) is 0 Å². The molecule has 1 aliphatic rings. The molecule has 1 amide bonds. The second-order valence-corrected chi connectivity index (χ2v) is 5.67. The molecule has 21 heavy (non-hydrogen) atoms. The molecule has 1 aliphatic carbocycles. The summed E-state index contributed by atoms with van der Waals surface area (Å²) in [5, 5.41) is 11.6. The van der Waals surface area contributed by atoms with Crippen LogP contribution in [0.3, 0.4) is 0 Å². The quantitative estimate of drug-likeness (QED) is 0.741. The summed E-state index contributed by atoms with van der Waals surface area (Å²) in [6.07, 6.45) is 5.00. The van der Waals surface area contributed by atoms with Gasteiger partial charge in [0.1, 0.15) is 0 Å². The van der Waals surface area contributed by atoms with E-state index in [4.69, 9.17) is 10.8 Å². The maximum Gasteiger partial charge on any atom is 0.307 e. The molecule has 0 radical (unpaired) electrons. The second kappa shape index (κ2) is 7.22. The maximum atomic E-state index is 12.3. The van der Waals surface area contributed by atoms with E-state index >= 15 is 0 Å². The number of benzene rings is 1. The maximum absolute atomic E-state index is 12.3. The van der Waals surface area contributed by atoms with Gasteiger partial charge in [-0.3, -0.25) is 9.59 Å². The first-order valence-electron chi connectivity index (χ1n) is 7.43. The van der Waals surface area contributed by atoms with Crippen molar-refractivity contribution < 1.29 is 14.7 Å². The van der Waals surface area contributed by atoms with Crippen LogP contribution in [0.1, 0.15) is 37.7 Å². The number of carbonyl (C=O) groups is 2. The van der Waals surface area contributed by atoms with Gasteiger partial charge in [-0.1, -0.05) is 31.4 Å². The molecule has 2 rings (SSSR count). The zero-order valence-electron chi connectivity index (χ0n) is 12.0. The van der Waals surface area contributed by atoms with Crippen LogP contribution in [0, 0.1) is 5.92 Å². The SMILES string of the molecule is NC1CCCCCC1C(=O)Nc1ccc(CC(=O)O)cc1. The molecule has 0 saturated heterocycles. The highest BCUT2D eigenvalue weighted by Gasteiger charge is 2.26. The molecule has 2 unspecified atom stereocenters. The molecule has 4 N–H and O–H groups in total. The summed E-state index contributed by atoms with van der Waals surface area (Å²) in [5.41, 5.74) is 7.49. The molecule has 0 bridgehead atoms. The van der Waals surface area contributed by atoms with E-state index in [1.54, 1.807) is 24.3 Å². The third kappa shape index (κ3) is 4.56. The number of anilines is 1. The van der Waals surface area contributed by atoms with Crippen LogP contribution < -0.4 is 11.1 Å². The number of hydrogen-bond acceptors (Lipinski definition) is 3. The molecule has 0 heterocycles. The Morgan fingerprint density at radius 1 is 1.14 bits per heavy atom. The number of carboxylic acid groups (broad SMARTS) is 1. The van der Waals surface area contributed by atoms with Gasteiger partial charge < -0.3 is 16.2 Å².